The summed E-state index contributed by atoms with van der Waals surface area (Å²) in [6, 6.07) is 3.57. The molecule has 21 heavy (non-hydrogen) atoms. The molecule has 1 aromatic rings. The van der Waals surface area contributed by atoms with Crippen LogP contribution in [0.15, 0.2) is 18.2 Å². The summed E-state index contributed by atoms with van der Waals surface area (Å²) in [5, 5.41) is 18.2. The molecule has 2 N–H and O–H groups in total. The number of halogens is 3. The highest BCUT2D eigenvalue weighted by Crippen LogP contribution is 2.38. The molecule has 1 aliphatic heterocycles. The fourth-order valence-electron chi connectivity index (χ4n) is 2.42. The average molecular weight is 305 g/mol. The molecular formula is C14H18F3NO3. The zero-order valence-electron chi connectivity index (χ0n) is 11.6. The van der Waals surface area contributed by atoms with Crippen LogP contribution >= 0.6 is 0 Å². The molecule has 0 spiro atoms. The maximum absolute atomic E-state index is 13.2. The van der Waals surface area contributed by atoms with Crippen LogP contribution in [0.25, 0.3) is 0 Å². The molecular weight excluding hydrogens is 287 g/mol. The van der Waals surface area contributed by atoms with Gasteiger partial charge in [0.15, 0.2) is 0 Å². The predicted molar refractivity (Wildman–Crippen MR) is 71.0 cm³/mol. The monoisotopic (exact) mass is 305 g/mol. The average Bonchev–Trinajstić information content (AvgIpc) is 2.46. The van der Waals surface area contributed by atoms with Gasteiger partial charge in [0.1, 0.15) is 0 Å². The molecule has 2 unspecified atom stereocenters. The Labute approximate surface area is 120 Å². The molecule has 2 rings (SSSR count). The van der Waals surface area contributed by atoms with Crippen molar-refractivity contribution in [3.8, 4) is 0 Å². The first-order chi connectivity index (χ1) is 9.86. The summed E-state index contributed by atoms with van der Waals surface area (Å²) in [6.45, 7) is 1.54. The van der Waals surface area contributed by atoms with Gasteiger partial charge < -0.3 is 19.8 Å². The van der Waals surface area contributed by atoms with Crippen molar-refractivity contribution in [2.75, 3.05) is 24.7 Å². The van der Waals surface area contributed by atoms with Crippen LogP contribution in [-0.4, -0.2) is 42.1 Å². The third kappa shape index (κ3) is 3.48. The van der Waals surface area contributed by atoms with Crippen molar-refractivity contribution < 1.29 is 28.1 Å². The topological polar surface area (TPSA) is 52.9 Å². The van der Waals surface area contributed by atoms with Gasteiger partial charge >= 0.3 is 6.18 Å². The lowest BCUT2D eigenvalue weighted by molar-refractivity contribution is -0.137. The van der Waals surface area contributed by atoms with Crippen molar-refractivity contribution in [2.45, 2.75) is 31.9 Å². The van der Waals surface area contributed by atoms with Gasteiger partial charge in [0, 0.05) is 18.3 Å². The predicted octanol–water partition coefficient (Wildman–Crippen LogP) is 1.78. The Balaban J connectivity index is 2.41. The largest absolute Gasteiger partial charge is 0.418 e. The molecule has 118 valence electrons. The molecule has 0 saturated carbocycles. The number of morpholine rings is 1. The molecule has 1 heterocycles. The Kier molecular flexibility index (Phi) is 4.75. The molecule has 7 heteroatoms. The third-order valence-electron chi connectivity index (χ3n) is 3.57. The van der Waals surface area contributed by atoms with Crippen molar-refractivity contribution in [1.82, 2.24) is 0 Å². The summed E-state index contributed by atoms with van der Waals surface area (Å²) in [5.41, 5.74) is -0.515. The van der Waals surface area contributed by atoms with E-state index in [0.29, 0.717) is 0 Å². The molecule has 0 bridgehead atoms. The van der Waals surface area contributed by atoms with Crippen LogP contribution in [0, 0.1) is 0 Å². The molecule has 1 aromatic carbocycles. The lowest BCUT2D eigenvalue weighted by Gasteiger charge is -2.40. The van der Waals surface area contributed by atoms with Gasteiger partial charge in [-0.05, 0) is 24.6 Å². The van der Waals surface area contributed by atoms with E-state index in [9.17, 15) is 13.2 Å². The fraction of sp³-hybridized carbons (Fsp3) is 0.571. The molecule has 0 aliphatic carbocycles. The van der Waals surface area contributed by atoms with Crippen molar-refractivity contribution >= 4 is 5.69 Å². The van der Waals surface area contributed by atoms with E-state index in [0.717, 1.165) is 6.07 Å². The Hall–Kier alpha value is -1.31. The Morgan fingerprint density at radius 2 is 2.05 bits per heavy atom. The first-order valence-electron chi connectivity index (χ1n) is 6.67. The minimum absolute atomic E-state index is 0.0500. The minimum Gasteiger partial charge on any atom is -0.394 e. The molecule has 1 saturated heterocycles. The van der Waals surface area contributed by atoms with E-state index in [-0.39, 0.29) is 37.1 Å². The van der Waals surface area contributed by atoms with Gasteiger partial charge in [0.2, 0.25) is 0 Å². The van der Waals surface area contributed by atoms with E-state index >= 15 is 0 Å². The van der Waals surface area contributed by atoms with Crippen molar-refractivity contribution in [3.05, 3.63) is 29.3 Å². The van der Waals surface area contributed by atoms with Gasteiger partial charge in [-0.1, -0.05) is 6.07 Å². The van der Waals surface area contributed by atoms with Crippen LogP contribution in [-0.2, 0) is 17.5 Å². The van der Waals surface area contributed by atoms with E-state index in [1.54, 1.807) is 11.8 Å². The van der Waals surface area contributed by atoms with Gasteiger partial charge in [-0.2, -0.15) is 13.2 Å². The summed E-state index contributed by atoms with van der Waals surface area (Å²) in [6.07, 6.45) is -5.01. The number of rotatable bonds is 3. The van der Waals surface area contributed by atoms with E-state index in [1.165, 1.54) is 12.1 Å². The van der Waals surface area contributed by atoms with Crippen molar-refractivity contribution in [1.29, 1.82) is 0 Å². The maximum atomic E-state index is 13.2. The first-order valence-corrected chi connectivity index (χ1v) is 6.67. The molecule has 1 fully saturated rings. The molecule has 2 atom stereocenters. The van der Waals surface area contributed by atoms with Gasteiger partial charge in [-0.15, -0.1) is 0 Å². The highest BCUT2D eigenvalue weighted by Gasteiger charge is 2.37. The third-order valence-corrected chi connectivity index (χ3v) is 3.57. The second kappa shape index (κ2) is 6.21. The van der Waals surface area contributed by atoms with Gasteiger partial charge in [-0.25, -0.2) is 0 Å². The second-order valence-electron chi connectivity index (χ2n) is 5.15. The van der Waals surface area contributed by atoms with Crippen molar-refractivity contribution in [2.24, 2.45) is 0 Å². The smallest absolute Gasteiger partial charge is 0.394 e. The zero-order valence-corrected chi connectivity index (χ0v) is 11.6. The van der Waals surface area contributed by atoms with Crippen LogP contribution in [0.3, 0.4) is 0 Å². The fourth-order valence-corrected chi connectivity index (χ4v) is 2.42. The number of hydrogen-bond donors (Lipinski definition) is 2. The van der Waals surface area contributed by atoms with Crippen LogP contribution in [0.2, 0.25) is 0 Å². The maximum Gasteiger partial charge on any atom is 0.418 e. The standard InChI is InChI=1S/C14H18F3NO3/c1-9-8-21-11(7-20)5-18(9)13-3-2-10(6-19)4-12(13)14(15,16)17/h2-4,9,11,19-20H,5-8H2,1H3. The van der Waals surface area contributed by atoms with Crippen LogP contribution < -0.4 is 4.90 Å². The van der Waals surface area contributed by atoms with E-state index < -0.39 is 24.5 Å². The normalized spacial score (nSPS) is 23.4. The van der Waals surface area contributed by atoms with Gasteiger partial charge in [-0.3, -0.25) is 0 Å². The number of nitrogens with zero attached hydrogens (tertiary/aromatic N) is 1. The van der Waals surface area contributed by atoms with E-state index in [2.05, 4.69) is 0 Å². The quantitative estimate of drug-likeness (QED) is 0.894. The Morgan fingerprint density at radius 3 is 2.62 bits per heavy atom. The summed E-state index contributed by atoms with van der Waals surface area (Å²) < 4.78 is 45.1. The lowest BCUT2D eigenvalue weighted by atomic mass is 10.0. The zero-order chi connectivity index (χ0) is 15.6. The Bertz CT molecular complexity index is 493. The van der Waals surface area contributed by atoms with Crippen LogP contribution in [0.5, 0.6) is 0 Å². The van der Waals surface area contributed by atoms with E-state index in [4.69, 9.17) is 14.9 Å². The first kappa shape index (κ1) is 16.1. The van der Waals surface area contributed by atoms with Crippen LogP contribution in [0.1, 0.15) is 18.1 Å². The van der Waals surface area contributed by atoms with Crippen LogP contribution in [0.4, 0.5) is 18.9 Å². The molecule has 4 nitrogen and oxygen atoms in total. The molecule has 1 aliphatic rings. The number of ether oxygens (including phenoxy) is 1. The number of benzene rings is 1. The number of anilines is 1. The second-order valence-corrected chi connectivity index (χ2v) is 5.15. The lowest BCUT2D eigenvalue weighted by Crippen LogP contribution is -2.50. The highest BCUT2D eigenvalue weighted by molar-refractivity contribution is 5.57. The molecule has 0 amide bonds. The highest BCUT2D eigenvalue weighted by atomic mass is 19.4. The Morgan fingerprint density at radius 1 is 1.33 bits per heavy atom. The minimum atomic E-state index is -4.51. The number of aliphatic hydroxyl groups excluding tert-OH is 2. The number of alkyl halides is 3. The van der Waals surface area contributed by atoms with Crippen molar-refractivity contribution in [3.63, 3.8) is 0 Å². The molecule has 0 radical (unpaired) electrons. The van der Waals surface area contributed by atoms with Gasteiger partial charge in [0.05, 0.1) is 31.5 Å². The molecule has 0 aromatic heterocycles. The van der Waals surface area contributed by atoms with Gasteiger partial charge in [0.25, 0.3) is 0 Å². The number of hydrogen-bond acceptors (Lipinski definition) is 4. The summed E-state index contributed by atoms with van der Waals surface area (Å²) >= 11 is 0. The summed E-state index contributed by atoms with van der Waals surface area (Å²) in [4.78, 5) is 1.59. The van der Waals surface area contributed by atoms with E-state index in [1.807, 2.05) is 0 Å². The summed E-state index contributed by atoms with van der Waals surface area (Å²) in [7, 11) is 0. The summed E-state index contributed by atoms with van der Waals surface area (Å²) in [5.74, 6) is 0. The number of aliphatic hydroxyl groups is 2. The SMILES string of the molecule is CC1COC(CO)CN1c1ccc(CO)cc1C(F)(F)F.